The molecular weight excluding hydrogens is 446 g/mol. The van der Waals surface area contributed by atoms with Crippen LogP contribution in [0, 0.1) is 18.6 Å². The van der Waals surface area contributed by atoms with Crippen LogP contribution in [0.5, 0.6) is 5.75 Å². The van der Waals surface area contributed by atoms with Gasteiger partial charge in [-0.2, -0.15) is 0 Å². The fourth-order valence-electron chi connectivity index (χ4n) is 3.17. The van der Waals surface area contributed by atoms with Crippen molar-refractivity contribution in [3.05, 3.63) is 71.8 Å². The van der Waals surface area contributed by atoms with Gasteiger partial charge in [-0.15, -0.1) is 6.58 Å². The minimum absolute atomic E-state index is 0.0394. The zero-order chi connectivity index (χ0) is 22.8. The SMILES string of the molecule is C=CCOc1cc(F)c(F)c(Nc2ccc(C)cc2Cl)c1NS(=O)(=O)C1(CC=C)CC1. The lowest BCUT2D eigenvalue weighted by Crippen LogP contribution is -2.30. The van der Waals surface area contributed by atoms with Crippen LogP contribution in [0.2, 0.25) is 5.02 Å². The Morgan fingerprint density at radius 3 is 2.48 bits per heavy atom. The van der Waals surface area contributed by atoms with Crippen LogP contribution in [-0.4, -0.2) is 19.8 Å². The third-order valence-electron chi connectivity index (χ3n) is 5.05. The molecule has 0 amide bonds. The second-order valence-corrected chi connectivity index (χ2v) is 9.89. The van der Waals surface area contributed by atoms with Crippen molar-refractivity contribution in [2.24, 2.45) is 0 Å². The molecule has 1 saturated carbocycles. The van der Waals surface area contributed by atoms with Gasteiger partial charge in [0.2, 0.25) is 10.0 Å². The number of halogens is 3. The number of benzene rings is 2. The number of rotatable bonds is 10. The average Bonchev–Trinajstić information content (AvgIpc) is 3.49. The van der Waals surface area contributed by atoms with Gasteiger partial charge >= 0.3 is 0 Å². The summed E-state index contributed by atoms with van der Waals surface area (Å²) in [5.41, 5.74) is 0.473. The zero-order valence-electron chi connectivity index (χ0n) is 17.0. The molecule has 0 unspecified atom stereocenters. The molecule has 1 aliphatic rings. The minimum atomic E-state index is -3.96. The summed E-state index contributed by atoms with van der Waals surface area (Å²) in [6.07, 6.45) is 4.05. The second-order valence-electron chi connectivity index (χ2n) is 7.41. The van der Waals surface area contributed by atoms with Crippen LogP contribution in [0.4, 0.5) is 25.8 Å². The van der Waals surface area contributed by atoms with Crippen molar-refractivity contribution in [1.82, 2.24) is 0 Å². The van der Waals surface area contributed by atoms with E-state index >= 15 is 0 Å². The van der Waals surface area contributed by atoms with E-state index in [0.717, 1.165) is 11.6 Å². The van der Waals surface area contributed by atoms with Gasteiger partial charge in [0, 0.05) is 6.07 Å². The summed E-state index contributed by atoms with van der Waals surface area (Å²) in [5.74, 6) is -2.66. The molecule has 1 fully saturated rings. The van der Waals surface area contributed by atoms with E-state index in [0.29, 0.717) is 12.8 Å². The first-order valence-electron chi connectivity index (χ1n) is 9.56. The van der Waals surface area contributed by atoms with Gasteiger partial charge in [0.05, 0.1) is 15.5 Å². The van der Waals surface area contributed by atoms with Gasteiger partial charge in [-0.1, -0.05) is 36.4 Å². The highest BCUT2D eigenvalue weighted by Crippen LogP contribution is 2.49. The fraction of sp³-hybridized carbons (Fsp3) is 0.273. The van der Waals surface area contributed by atoms with Crippen molar-refractivity contribution >= 4 is 38.7 Å². The number of hydrogen-bond acceptors (Lipinski definition) is 4. The Hall–Kier alpha value is -2.58. The van der Waals surface area contributed by atoms with Crippen LogP contribution in [0.25, 0.3) is 0 Å². The number of hydrogen-bond donors (Lipinski definition) is 2. The lowest BCUT2D eigenvalue weighted by molar-refractivity contribution is 0.361. The summed E-state index contributed by atoms with van der Waals surface area (Å²) in [6, 6.07) is 5.76. The summed E-state index contributed by atoms with van der Waals surface area (Å²) < 4.78 is 62.3. The number of allylic oxidation sites excluding steroid dienone is 1. The monoisotopic (exact) mass is 468 g/mol. The summed E-state index contributed by atoms with van der Waals surface area (Å²) in [6.45, 7) is 8.93. The summed E-state index contributed by atoms with van der Waals surface area (Å²) >= 11 is 6.23. The van der Waals surface area contributed by atoms with Crippen molar-refractivity contribution in [1.29, 1.82) is 0 Å². The molecule has 0 bridgehead atoms. The van der Waals surface area contributed by atoms with E-state index in [2.05, 4.69) is 23.2 Å². The highest BCUT2D eigenvalue weighted by atomic mass is 35.5. The third-order valence-corrected chi connectivity index (χ3v) is 7.56. The first kappa shape index (κ1) is 23.1. The van der Waals surface area contributed by atoms with Gasteiger partial charge in [-0.3, -0.25) is 4.72 Å². The van der Waals surface area contributed by atoms with E-state index in [4.69, 9.17) is 16.3 Å². The largest absolute Gasteiger partial charge is 0.487 e. The third kappa shape index (κ3) is 4.70. The van der Waals surface area contributed by atoms with Gasteiger partial charge in [0.1, 0.15) is 23.7 Å². The second kappa shape index (κ2) is 8.88. The summed E-state index contributed by atoms with van der Waals surface area (Å²) in [5, 5.41) is 2.98. The Labute approximate surface area is 185 Å². The predicted octanol–water partition coefficient (Wildman–Crippen LogP) is 6.09. The van der Waals surface area contributed by atoms with Gasteiger partial charge in [-0.05, 0) is 43.9 Å². The molecule has 0 aromatic heterocycles. The van der Waals surface area contributed by atoms with Crippen molar-refractivity contribution in [2.45, 2.75) is 30.9 Å². The Morgan fingerprint density at radius 1 is 1.19 bits per heavy atom. The maximum Gasteiger partial charge on any atom is 0.238 e. The number of aryl methyl sites for hydroxylation is 1. The molecule has 0 atom stereocenters. The van der Waals surface area contributed by atoms with Crippen molar-refractivity contribution in [3.8, 4) is 5.75 Å². The van der Waals surface area contributed by atoms with E-state index in [9.17, 15) is 17.2 Å². The molecule has 166 valence electrons. The van der Waals surface area contributed by atoms with Crippen molar-refractivity contribution in [2.75, 3.05) is 16.6 Å². The first-order chi connectivity index (χ1) is 14.6. The predicted molar refractivity (Wildman–Crippen MR) is 121 cm³/mol. The Morgan fingerprint density at radius 2 is 1.90 bits per heavy atom. The summed E-state index contributed by atoms with van der Waals surface area (Å²) in [4.78, 5) is 0. The fourth-order valence-corrected chi connectivity index (χ4v) is 5.12. The van der Waals surface area contributed by atoms with E-state index in [-0.39, 0.29) is 35.2 Å². The highest BCUT2D eigenvalue weighted by Gasteiger charge is 2.54. The molecule has 0 saturated heterocycles. The molecule has 2 N–H and O–H groups in total. The van der Waals surface area contributed by atoms with Crippen LogP contribution in [0.15, 0.2) is 49.6 Å². The van der Waals surface area contributed by atoms with Gasteiger partial charge < -0.3 is 10.1 Å². The molecule has 1 aliphatic carbocycles. The Kier molecular flexibility index (Phi) is 6.62. The molecule has 9 heteroatoms. The van der Waals surface area contributed by atoms with Gasteiger partial charge in [0.15, 0.2) is 11.6 Å². The van der Waals surface area contributed by atoms with Crippen LogP contribution < -0.4 is 14.8 Å². The molecule has 2 aromatic rings. The number of anilines is 3. The zero-order valence-corrected chi connectivity index (χ0v) is 18.5. The maximum atomic E-state index is 14.9. The van der Waals surface area contributed by atoms with Crippen LogP contribution in [0.1, 0.15) is 24.8 Å². The van der Waals surface area contributed by atoms with Gasteiger partial charge in [0.25, 0.3) is 0 Å². The molecule has 31 heavy (non-hydrogen) atoms. The number of ether oxygens (including phenoxy) is 1. The molecule has 5 nitrogen and oxygen atoms in total. The molecule has 2 aromatic carbocycles. The standard InChI is InChI=1S/C22H23ClF2N2O3S/c1-4-8-22(9-10-22)31(28,29)27-20-18(30-11-5-2)13-16(24)19(25)21(20)26-17-7-6-14(3)12-15(17)23/h4-7,12-13,26-27H,1-2,8-11H2,3H3. The lowest BCUT2D eigenvalue weighted by atomic mass is 10.2. The van der Waals surface area contributed by atoms with E-state index < -0.39 is 32.1 Å². The van der Waals surface area contributed by atoms with Crippen molar-refractivity contribution in [3.63, 3.8) is 0 Å². The molecular formula is C22H23ClF2N2O3S. The average molecular weight is 469 g/mol. The quantitative estimate of drug-likeness (QED) is 0.414. The molecule has 3 rings (SSSR count). The molecule has 0 spiro atoms. The maximum absolute atomic E-state index is 14.9. The normalized spacial score (nSPS) is 14.6. The molecule has 0 heterocycles. The van der Waals surface area contributed by atoms with E-state index in [1.165, 1.54) is 12.2 Å². The highest BCUT2D eigenvalue weighted by molar-refractivity contribution is 7.94. The lowest BCUT2D eigenvalue weighted by Gasteiger charge is -2.22. The molecule has 0 aliphatic heterocycles. The first-order valence-corrected chi connectivity index (χ1v) is 11.4. The van der Waals surface area contributed by atoms with Crippen LogP contribution in [0.3, 0.4) is 0 Å². The smallest absolute Gasteiger partial charge is 0.238 e. The van der Waals surface area contributed by atoms with E-state index in [1.807, 2.05) is 6.92 Å². The van der Waals surface area contributed by atoms with Crippen LogP contribution >= 0.6 is 11.6 Å². The Balaban J connectivity index is 2.13. The minimum Gasteiger partial charge on any atom is -0.487 e. The molecule has 0 radical (unpaired) electrons. The summed E-state index contributed by atoms with van der Waals surface area (Å²) in [7, 11) is -3.96. The van der Waals surface area contributed by atoms with E-state index in [1.54, 1.807) is 18.2 Å². The topological polar surface area (TPSA) is 67.4 Å². The van der Waals surface area contributed by atoms with Gasteiger partial charge in [-0.25, -0.2) is 17.2 Å². The van der Waals surface area contributed by atoms with Crippen molar-refractivity contribution < 1.29 is 21.9 Å². The number of nitrogens with one attached hydrogen (secondary N) is 2. The van der Waals surface area contributed by atoms with Crippen LogP contribution in [-0.2, 0) is 10.0 Å². The Bertz CT molecular complexity index is 1130. The number of sulfonamides is 1.